The van der Waals surface area contributed by atoms with Crippen molar-refractivity contribution in [3.63, 3.8) is 0 Å². The van der Waals surface area contributed by atoms with Crippen molar-refractivity contribution in [1.82, 2.24) is 29.8 Å². The number of nitrogens with zero attached hydrogens (tertiary/aromatic N) is 5. The fraction of sp³-hybridized carbons (Fsp3) is 0.444. The topological polar surface area (TPSA) is 137 Å². The number of likely N-dealkylation sites (tertiary alicyclic amines) is 2. The molecule has 4 aliphatic rings. The Hall–Kier alpha value is -4.55. The van der Waals surface area contributed by atoms with Crippen molar-refractivity contribution in [3.05, 3.63) is 91.9 Å². The highest BCUT2D eigenvalue weighted by atomic mass is 35.5. The van der Waals surface area contributed by atoms with Gasteiger partial charge in [0.05, 0.1) is 11.9 Å². The van der Waals surface area contributed by atoms with E-state index in [9.17, 15) is 24.0 Å². The van der Waals surface area contributed by atoms with Gasteiger partial charge in [-0.1, -0.05) is 35.9 Å². The van der Waals surface area contributed by atoms with E-state index in [0.717, 1.165) is 49.0 Å². The van der Waals surface area contributed by atoms with Gasteiger partial charge in [0.2, 0.25) is 11.8 Å². The molecule has 7 rings (SSSR count). The van der Waals surface area contributed by atoms with Crippen LogP contribution in [0.1, 0.15) is 81.3 Å². The Balaban J connectivity index is 0.946. The molecule has 0 radical (unpaired) electrons. The van der Waals surface area contributed by atoms with Crippen LogP contribution in [-0.2, 0) is 23.2 Å². The highest BCUT2D eigenvalue weighted by Crippen LogP contribution is 2.34. The number of halogens is 1. The number of anilines is 1. The van der Waals surface area contributed by atoms with Crippen LogP contribution >= 0.6 is 11.6 Å². The predicted octanol–water partition coefficient (Wildman–Crippen LogP) is 3.11. The molecule has 4 amide bonds. The molecule has 12 nitrogen and oxygen atoms in total. The molecule has 3 atom stereocenters. The number of benzene rings is 2. The van der Waals surface area contributed by atoms with Crippen molar-refractivity contribution >= 4 is 40.9 Å². The Morgan fingerprint density at radius 2 is 1.67 bits per heavy atom. The smallest absolute Gasteiger partial charge is 0.287 e. The van der Waals surface area contributed by atoms with E-state index < -0.39 is 11.9 Å². The second-order valence-corrected chi connectivity index (χ2v) is 14.2. The van der Waals surface area contributed by atoms with Crippen LogP contribution in [0.25, 0.3) is 0 Å². The van der Waals surface area contributed by atoms with Crippen molar-refractivity contribution in [1.29, 1.82) is 0 Å². The van der Waals surface area contributed by atoms with Crippen molar-refractivity contribution in [3.8, 4) is 0 Å². The number of nitrogens with one attached hydrogen (secondary N) is 2. The molecule has 0 aliphatic carbocycles. The molecule has 4 aliphatic heterocycles. The first-order chi connectivity index (χ1) is 23.5. The average Bonchev–Trinajstić information content (AvgIpc) is 3.43. The molecule has 3 unspecified atom stereocenters. The van der Waals surface area contributed by atoms with E-state index in [1.165, 1.54) is 4.68 Å². The van der Waals surface area contributed by atoms with Crippen LogP contribution in [0.15, 0.2) is 53.5 Å². The molecule has 5 heterocycles. The van der Waals surface area contributed by atoms with E-state index in [2.05, 4.69) is 45.9 Å². The van der Waals surface area contributed by atoms with Crippen LogP contribution in [0.3, 0.4) is 0 Å². The lowest BCUT2D eigenvalue weighted by molar-refractivity contribution is -0.136. The summed E-state index contributed by atoms with van der Waals surface area (Å²) in [5, 5.41) is 10.0. The zero-order valence-electron chi connectivity index (χ0n) is 27.7. The number of fused-ring (bicyclic) bond motifs is 1. The van der Waals surface area contributed by atoms with Crippen molar-refractivity contribution in [2.45, 2.75) is 62.6 Å². The van der Waals surface area contributed by atoms with E-state index >= 15 is 0 Å². The summed E-state index contributed by atoms with van der Waals surface area (Å²) in [6, 6.07) is 13.3. The van der Waals surface area contributed by atoms with E-state index in [-0.39, 0.29) is 52.6 Å². The molecule has 49 heavy (non-hydrogen) atoms. The molecule has 2 N–H and O–H groups in total. The summed E-state index contributed by atoms with van der Waals surface area (Å²) in [5.41, 5.74) is 4.70. The standard InChI is InChI=1S/C36H40ClN7O5/c1-41-18-25(16-27(20-41)39-29-17-38-42(2)36(49)32(29)37)21-3-5-23(6-4-21)34(47)43-13-11-22(12-14-43)24-7-8-28-26(15-24)19-44(35(28)48)30-9-10-31(45)40-33(30)46/h3-8,15,17,22,25,27,30,39H,9-14,16,18-20H2,1-2H3,(H,40,45,46). The number of amides is 4. The number of aryl methyl sites for hydroxylation is 1. The van der Waals surface area contributed by atoms with E-state index in [1.807, 2.05) is 29.2 Å². The normalized spacial score (nSPS) is 23.4. The minimum atomic E-state index is -0.628. The summed E-state index contributed by atoms with van der Waals surface area (Å²) in [7, 11) is 3.64. The van der Waals surface area contributed by atoms with Gasteiger partial charge in [0.1, 0.15) is 11.1 Å². The van der Waals surface area contributed by atoms with Crippen LogP contribution in [0.5, 0.6) is 0 Å². The number of rotatable bonds is 6. The van der Waals surface area contributed by atoms with Crippen LogP contribution in [0.2, 0.25) is 5.02 Å². The number of hydrogen-bond acceptors (Lipinski definition) is 8. The van der Waals surface area contributed by atoms with Gasteiger partial charge in [-0.25, -0.2) is 4.68 Å². The number of hydrogen-bond donors (Lipinski definition) is 2. The fourth-order valence-corrected chi connectivity index (χ4v) is 8.07. The second kappa shape index (κ2) is 13.4. The van der Waals surface area contributed by atoms with Gasteiger partial charge in [-0.15, -0.1) is 0 Å². The largest absolute Gasteiger partial charge is 0.378 e. The number of piperidine rings is 3. The molecule has 0 bridgehead atoms. The van der Waals surface area contributed by atoms with Crippen molar-refractivity contribution in [2.75, 3.05) is 38.5 Å². The number of aromatic nitrogens is 2. The average molecular weight is 686 g/mol. The molecule has 256 valence electrons. The maximum absolute atomic E-state index is 13.5. The van der Waals surface area contributed by atoms with Crippen LogP contribution in [0, 0.1) is 0 Å². The minimum absolute atomic E-state index is 0.0255. The molecule has 3 fully saturated rings. The third-order valence-corrected chi connectivity index (χ3v) is 10.9. The summed E-state index contributed by atoms with van der Waals surface area (Å²) >= 11 is 6.30. The number of imide groups is 1. The van der Waals surface area contributed by atoms with Crippen molar-refractivity contribution in [2.24, 2.45) is 7.05 Å². The van der Waals surface area contributed by atoms with Gasteiger partial charge >= 0.3 is 0 Å². The van der Waals surface area contributed by atoms with Crippen LogP contribution < -0.4 is 16.2 Å². The molecular weight excluding hydrogens is 646 g/mol. The summed E-state index contributed by atoms with van der Waals surface area (Å²) in [5.74, 6) is -0.336. The summed E-state index contributed by atoms with van der Waals surface area (Å²) in [4.78, 5) is 68.6. The maximum atomic E-state index is 13.5. The van der Waals surface area contributed by atoms with Crippen molar-refractivity contribution < 1.29 is 19.2 Å². The SMILES string of the molecule is CN1CC(Nc2cnn(C)c(=O)c2Cl)CC(c2ccc(C(=O)N3CCC(c4ccc5c(c4)CN(C4CCC(=O)NC4=O)C5=O)CC3)cc2)C1. The highest BCUT2D eigenvalue weighted by molar-refractivity contribution is 6.32. The monoisotopic (exact) mass is 685 g/mol. The first kappa shape index (κ1) is 33.0. The number of carbonyl (C=O) groups excluding carboxylic acids is 4. The van der Waals surface area contributed by atoms with Crippen LogP contribution in [-0.4, -0.2) is 93.4 Å². The molecule has 13 heteroatoms. The third-order valence-electron chi connectivity index (χ3n) is 10.5. The summed E-state index contributed by atoms with van der Waals surface area (Å²) in [6.07, 6.45) is 4.65. The third kappa shape index (κ3) is 6.59. The molecule has 0 saturated carbocycles. The lowest BCUT2D eigenvalue weighted by Gasteiger charge is -2.37. The number of likely N-dealkylation sites (N-methyl/N-ethyl adjacent to an activating group) is 1. The van der Waals surface area contributed by atoms with E-state index in [0.29, 0.717) is 42.9 Å². The lowest BCUT2D eigenvalue weighted by Crippen LogP contribution is -2.52. The molecule has 0 spiro atoms. The zero-order valence-corrected chi connectivity index (χ0v) is 28.4. The Morgan fingerprint density at radius 1 is 0.939 bits per heavy atom. The Morgan fingerprint density at radius 3 is 2.41 bits per heavy atom. The molecule has 2 aromatic carbocycles. The number of carbonyl (C=O) groups is 4. The molecular formula is C36H40ClN7O5. The van der Waals surface area contributed by atoms with Gasteiger partial charge in [-0.2, -0.15) is 5.10 Å². The Bertz CT molecular complexity index is 1870. The maximum Gasteiger partial charge on any atom is 0.287 e. The van der Waals surface area contributed by atoms with E-state index in [4.69, 9.17) is 11.6 Å². The van der Waals surface area contributed by atoms with Gasteiger partial charge in [0, 0.05) is 63.4 Å². The quantitative estimate of drug-likeness (QED) is 0.378. The van der Waals surface area contributed by atoms with Gasteiger partial charge < -0.3 is 20.0 Å². The van der Waals surface area contributed by atoms with Gasteiger partial charge in [-0.3, -0.25) is 29.3 Å². The van der Waals surface area contributed by atoms with Crippen LogP contribution in [0.4, 0.5) is 5.69 Å². The fourth-order valence-electron chi connectivity index (χ4n) is 7.84. The molecule has 3 saturated heterocycles. The minimum Gasteiger partial charge on any atom is -0.378 e. The lowest BCUT2D eigenvalue weighted by atomic mass is 9.87. The van der Waals surface area contributed by atoms with E-state index in [1.54, 1.807) is 18.1 Å². The summed E-state index contributed by atoms with van der Waals surface area (Å²) in [6.45, 7) is 3.33. The molecule has 3 aromatic rings. The van der Waals surface area contributed by atoms with Gasteiger partial charge in [0.25, 0.3) is 17.4 Å². The first-order valence-corrected chi connectivity index (χ1v) is 17.3. The second-order valence-electron chi connectivity index (χ2n) is 13.8. The summed E-state index contributed by atoms with van der Waals surface area (Å²) < 4.78 is 1.22. The first-order valence-electron chi connectivity index (χ1n) is 16.9. The highest BCUT2D eigenvalue weighted by Gasteiger charge is 2.39. The van der Waals surface area contributed by atoms with Gasteiger partial charge in [0.15, 0.2) is 0 Å². The Kier molecular flexibility index (Phi) is 9.01. The zero-order chi connectivity index (χ0) is 34.4. The van der Waals surface area contributed by atoms with Gasteiger partial charge in [-0.05, 0) is 79.5 Å². The predicted molar refractivity (Wildman–Crippen MR) is 184 cm³/mol. The Labute approximate surface area is 289 Å². The molecule has 1 aromatic heterocycles.